The summed E-state index contributed by atoms with van der Waals surface area (Å²) in [6, 6.07) is 0. The van der Waals surface area contributed by atoms with Gasteiger partial charge < -0.3 is 9.59 Å². The van der Waals surface area contributed by atoms with Crippen LogP contribution in [0.15, 0.2) is 0 Å². The van der Waals surface area contributed by atoms with Gasteiger partial charge in [-0.3, -0.25) is 10.1 Å². The summed E-state index contributed by atoms with van der Waals surface area (Å²) in [5.41, 5.74) is 0. The first-order chi connectivity index (χ1) is 4.70. The van der Waals surface area contributed by atoms with Crippen LogP contribution in [0, 0.1) is 16.0 Å². The van der Waals surface area contributed by atoms with E-state index in [4.69, 9.17) is 0 Å². The van der Waals surface area contributed by atoms with Crippen molar-refractivity contribution in [2.75, 3.05) is 6.54 Å². The molecule has 0 heterocycles. The average Bonchev–Trinajstić information content (AvgIpc) is 1.86. The molecular weight excluding hydrogens is 138 g/mol. The highest BCUT2D eigenvalue weighted by atomic mass is 16.6. The third-order valence-corrected chi connectivity index (χ3v) is 0.975. The molecule has 0 saturated heterocycles. The van der Waals surface area contributed by atoms with Gasteiger partial charge in [-0.05, 0) is 0 Å². The van der Waals surface area contributed by atoms with Gasteiger partial charge in [0.15, 0.2) is 0 Å². The fourth-order valence-corrected chi connectivity index (χ4v) is 0.488. The van der Waals surface area contributed by atoms with Gasteiger partial charge in [-0.25, -0.2) is 0 Å². The number of rotatable bonds is 5. The van der Waals surface area contributed by atoms with Crippen LogP contribution in [0.4, 0.5) is 0 Å². The molecule has 0 fully saturated rings. The Labute approximate surface area is 57.2 Å². The van der Waals surface area contributed by atoms with E-state index in [1.54, 1.807) is 0 Å². The molecule has 0 aliphatic heterocycles. The minimum absolute atomic E-state index is 0.0650. The lowest BCUT2D eigenvalue weighted by Crippen LogP contribution is -2.15. The van der Waals surface area contributed by atoms with Crippen LogP contribution in [-0.4, -0.2) is 24.0 Å². The molecule has 10 heavy (non-hydrogen) atoms. The number of nitro groups is 1. The van der Waals surface area contributed by atoms with Crippen LogP contribution in [0.5, 0.6) is 0 Å². The molecule has 0 aromatic rings. The predicted octanol–water partition coefficient (Wildman–Crippen LogP) is -0.333. The maximum atomic E-state index is 9.97. The number of carbonyl (C=O) groups is 2. The quantitative estimate of drug-likeness (QED) is 0.301. The van der Waals surface area contributed by atoms with Crippen LogP contribution in [0.3, 0.4) is 0 Å². The smallest absolute Gasteiger partial charge is 0.213 e. The zero-order valence-electron chi connectivity index (χ0n) is 5.23. The zero-order chi connectivity index (χ0) is 7.98. The van der Waals surface area contributed by atoms with Gasteiger partial charge in [0.1, 0.15) is 12.6 Å². The van der Waals surface area contributed by atoms with E-state index in [9.17, 15) is 19.7 Å². The van der Waals surface area contributed by atoms with Crippen molar-refractivity contribution in [3.8, 4) is 0 Å². The summed E-state index contributed by atoms with van der Waals surface area (Å²) >= 11 is 0. The first-order valence-corrected chi connectivity index (χ1v) is 2.71. The van der Waals surface area contributed by atoms with Crippen molar-refractivity contribution >= 4 is 12.6 Å². The molecule has 0 spiro atoms. The third-order valence-electron chi connectivity index (χ3n) is 0.975. The van der Waals surface area contributed by atoms with Crippen LogP contribution >= 0.6 is 0 Å². The Balaban J connectivity index is 3.70. The highest BCUT2D eigenvalue weighted by Gasteiger charge is 2.12. The van der Waals surface area contributed by atoms with Gasteiger partial charge in [-0.15, -0.1) is 0 Å². The molecule has 0 rings (SSSR count). The maximum Gasteiger partial charge on any atom is 0.213 e. The van der Waals surface area contributed by atoms with E-state index in [1.807, 2.05) is 0 Å². The lowest BCUT2D eigenvalue weighted by atomic mass is 10.1. The molecule has 0 bridgehead atoms. The Hall–Kier alpha value is -1.26. The van der Waals surface area contributed by atoms with E-state index in [0.717, 1.165) is 0 Å². The lowest BCUT2D eigenvalue weighted by molar-refractivity contribution is -0.485. The number of carbonyl (C=O) groups excluding carboxylic acids is 2. The molecule has 5 nitrogen and oxygen atoms in total. The minimum Gasteiger partial charge on any atom is -0.303 e. The Kier molecular flexibility index (Phi) is 4.02. The van der Waals surface area contributed by atoms with Gasteiger partial charge in [-0.2, -0.15) is 0 Å². The molecule has 0 amide bonds. The highest BCUT2D eigenvalue weighted by molar-refractivity contribution is 5.61. The highest BCUT2D eigenvalue weighted by Crippen LogP contribution is 1.95. The van der Waals surface area contributed by atoms with Crippen LogP contribution in [-0.2, 0) is 9.59 Å². The van der Waals surface area contributed by atoms with Crippen molar-refractivity contribution in [3.63, 3.8) is 0 Å². The number of aldehydes is 2. The summed E-state index contributed by atoms with van der Waals surface area (Å²) in [5.74, 6) is -0.757. The second-order valence-corrected chi connectivity index (χ2v) is 1.81. The summed E-state index contributed by atoms with van der Waals surface area (Å²) in [6.07, 6.45) is 0.865. The second-order valence-electron chi connectivity index (χ2n) is 1.81. The van der Waals surface area contributed by atoms with E-state index in [0.29, 0.717) is 12.6 Å². The maximum absolute atomic E-state index is 9.97. The van der Waals surface area contributed by atoms with Gasteiger partial charge in [0.2, 0.25) is 6.54 Å². The molecule has 0 saturated carbocycles. The minimum atomic E-state index is -0.757. The van der Waals surface area contributed by atoms with Crippen molar-refractivity contribution in [1.82, 2.24) is 0 Å². The normalized spacial score (nSPS) is 12.0. The van der Waals surface area contributed by atoms with Crippen molar-refractivity contribution in [1.29, 1.82) is 0 Å². The Morgan fingerprint density at radius 3 is 2.40 bits per heavy atom. The molecule has 0 aliphatic carbocycles. The number of hydrogen-bond donors (Lipinski definition) is 0. The fraction of sp³-hybridized carbons (Fsp3) is 0.600. The van der Waals surface area contributed by atoms with Gasteiger partial charge >= 0.3 is 0 Å². The SMILES string of the molecule is O=CCC(C=O)C[N+](=O)[O-]. The third kappa shape index (κ3) is 3.71. The monoisotopic (exact) mass is 145 g/mol. The van der Waals surface area contributed by atoms with Crippen LogP contribution in [0.25, 0.3) is 0 Å². The van der Waals surface area contributed by atoms with Gasteiger partial charge in [0.25, 0.3) is 0 Å². The molecule has 1 atom stereocenters. The van der Waals surface area contributed by atoms with Crippen molar-refractivity contribution < 1.29 is 14.5 Å². The molecule has 0 radical (unpaired) electrons. The van der Waals surface area contributed by atoms with Gasteiger partial charge in [0.05, 0.1) is 5.92 Å². The van der Waals surface area contributed by atoms with Crippen LogP contribution in [0.2, 0.25) is 0 Å². The Bertz CT molecular complexity index is 145. The van der Waals surface area contributed by atoms with Crippen molar-refractivity contribution in [2.45, 2.75) is 6.42 Å². The topological polar surface area (TPSA) is 77.3 Å². The second kappa shape index (κ2) is 4.60. The molecule has 0 N–H and O–H groups in total. The largest absolute Gasteiger partial charge is 0.303 e. The molecule has 5 heteroatoms. The average molecular weight is 145 g/mol. The Morgan fingerprint density at radius 2 is 2.10 bits per heavy atom. The zero-order valence-corrected chi connectivity index (χ0v) is 5.23. The first-order valence-electron chi connectivity index (χ1n) is 2.71. The number of hydrogen-bond acceptors (Lipinski definition) is 4. The van der Waals surface area contributed by atoms with Gasteiger partial charge in [-0.1, -0.05) is 0 Å². The summed E-state index contributed by atoms with van der Waals surface area (Å²) < 4.78 is 0. The van der Waals surface area contributed by atoms with Crippen LogP contribution in [0.1, 0.15) is 6.42 Å². The molecular formula is C5H7NO4. The molecule has 0 aliphatic rings. The molecule has 0 aromatic heterocycles. The van der Waals surface area contributed by atoms with Crippen LogP contribution < -0.4 is 0 Å². The summed E-state index contributed by atoms with van der Waals surface area (Å²) in [5, 5.41) is 9.77. The standard InChI is InChI=1S/C5H7NO4/c7-2-1-5(4-8)3-6(9)10/h2,4-5H,1,3H2. The summed E-state index contributed by atoms with van der Waals surface area (Å²) in [4.78, 5) is 28.9. The number of nitrogens with zero attached hydrogens (tertiary/aromatic N) is 1. The van der Waals surface area contributed by atoms with E-state index in [-0.39, 0.29) is 6.42 Å². The van der Waals surface area contributed by atoms with E-state index >= 15 is 0 Å². The van der Waals surface area contributed by atoms with E-state index in [1.165, 1.54) is 0 Å². The summed E-state index contributed by atoms with van der Waals surface area (Å²) in [7, 11) is 0. The molecule has 56 valence electrons. The lowest BCUT2D eigenvalue weighted by Gasteiger charge is -1.96. The fourth-order valence-electron chi connectivity index (χ4n) is 0.488. The predicted molar refractivity (Wildman–Crippen MR) is 32.1 cm³/mol. The van der Waals surface area contributed by atoms with E-state index < -0.39 is 17.4 Å². The molecule has 1 unspecified atom stereocenters. The molecule has 0 aromatic carbocycles. The summed E-state index contributed by atoms with van der Waals surface area (Å²) in [6.45, 7) is -0.456. The van der Waals surface area contributed by atoms with Crippen molar-refractivity contribution in [2.24, 2.45) is 5.92 Å². The van der Waals surface area contributed by atoms with E-state index in [2.05, 4.69) is 0 Å². The first kappa shape index (κ1) is 8.74. The van der Waals surface area contributed by atoms with Crippen molar-refractivity contribution in [3.05, 3.63) is 10.1 Å². The Morgan fingerprint density at radius 1 is 1.50 bits per heavy atom. The van der Waals surface area contributed by atoms with Gasteiger partial charge in [0, 0.05) is 11.3 Å².